The Bertz CT molecular complexity index is 380. The molecule has 0 atom stereocenters. The third-order valence-electron chi connectivity index (χ3n) is 3.48. The van der Waals surface area contributed by atoms with Gasteiger partial charge in [0.25, 0.3) is 0 Å². The molecule has 2 rings (SSSR count). The summed E-state index contributed by atoms with van der Waals surface area (Å²) < 4.78 is 0. The van der Waals surface area contributed by atoms with Crippen molar-refractivity contribution in [2.45, 2.75) is 32.1 Å². The molecule has 1 aromatic rings. The maximum atomic E-state index is 12.1. The lowest BCUT2D eigenvalue weighted by molar-refractivity contribution is 0.0924. The molecule has 0 saturated carbocycles. The molecule has 1 saturated heterocycles. The number of carbonyl (C=O) groups excluding carboxylic acids is 1. The van der Waals surface area contributed by atoms with Crippen molar-refractivity contribution in [2.75, 3.05) is 19.6 Å². The van der Waals surface area contributed by atoms with Gasteiger partial charge in [-0.25, -0.2) is 0 Å². The lowest BCUT2D eigenvalue weighted by Crippen LogP contribution is -2.32. The number of ketones is 1. The van der Waals surface area contributed by atoms with Crippen LogP contribution in [-0.4, -0.2) is 30.3 Å². The van der Waals surface area contributed by atoms with Crippen LogP contribution < -0.4 is 0 Å². The Morgan fingerprint density at radius 1 is 1.00 bits per heavy atom. The van der Waals surface area contributed by atoms with Gasteiger partial charge in [0.05, 0.1) is 6.54 Å². The van der Waals surface area contributed by atoms with Crippen LogP contribution in [0, 0.1) is 0 Å². The van der Waals surface area contributed by atoms with Crippen LogP contribution in [0.3, 0.4) is 0 Å². The number of hydrogen-bond acceptors (Lipinski definition) is 2. The highest BCUT2D eigenvalue weighted by Crippen LogP contribution is 2.13. The van der Waals surface area contributed by atoms with Crippen molar-refractivity contribution in [3.8, 4) is 0 Å². The second kappa shape index (κ2) is 6.91. The van der Waals surface area contributed by atoms with Crippen molar-refractivity contribution in [2.24, 2.45) is 0 Å². The van der Waals surface area contributed by atoms with Gasteiger partial charge >= 0.3 is 0 Å². The third-order valence-corrected chi connectivity index (χ3v) is 3.73. The molecule has 0 unspecified atom stereocenters. The molecule has 0 N–H and O–H groups in total. The van der Waals surface area contributed by atoms with Crippen molar-refractivity contribution >= 4 is 17.4 Å². The number of carbonyl (C=O) groups is 1. The van der Waals surface area contributed by atoms with Gasteiger partial charge in [-0.3, -0.25) is 9.69 Å². The van der Waals surface area contributed by atoms with Crippen LogP contribution in [0.2, 0.25) is 5.02 Å². The van der Waals surface area contributed by atoms with Gasteiger partial charge < -0.3 is 0 Å². The molecule has 2 nitrogen and oxygen atoms in total. The molecule has 0 aliphatic carbocycles. The number of rotatable bonds is 3. The SMILES string of the molecule is O=C(CN1CCCCCCC1)c1ccc(Cl)cc1. The number of likely N-dealkylation sites (tertiary alicyclic amines) is 1. The number of benzene rings is 1. The zero-order valence-electron chi connectivity index (χ0n) is 10.7. The number of Topliss-reactive ketones (excluding diaryl/α,β-unsaturated/α-hetero) is 1. The van der Waals surface area contributed by atoms with Gasteiger partial charge in [-0.2, -0.15) is 0 Å². The summed E-state index contributed by atoms with van der Waals surface area (Å²) in [6.45, 7) is 2.65. The zero-order chi connectivity index (χ0) is 12.8. The van der Waals surface area contributed by atoms with Crippen LogP contribution >= 0.6 is 11.6 Å². The van der Waals surface area contributed by atoms with Crippen LogP contribution in [0.5, 0.6) is 0 Å². The summed E-state index contributed by atoms with van der Waals surface area (Å²) in [5, 5.41) is 0.679. The molecular formula is C15H20ClNO. The van der Waals surface area contributed by atoms with Gasteiger partial charge in [0, 0.05) is 10.6 Å². The monoisotopic (exact) mass is 265 g/mol. The van der Waals surface area contributed by atoms with E-state index in [9.17, 15) is 4.79 Å². The lowest BCUT2D eigenvalue weighted by Gasteiger charge is -2.23. The Hall–Kier alpha value is -0.860. The fourth-order valence-corrected chi connectivity index (χ4v) is 2.53. The molecule has 0 bridgehead atoms. The highest BCUT2D eigenvalue weighted by atomic mass is 35.5. The van der Waals surface area contributed by atoms with Crippen molar-refractivity contribution in [1.82, 2.24) is 4.90 Å². The van der Waals surface area contributed by atoms with E-state index in [4.69, 9.17) is 11.6 Å². The van der Waals surface area contributed by atoms with Crippen LogP contribution in [0.15, 0.2) is 24.3 Å². The first-order valence-corrected chi connectivity index (χ1v) is 7.14. The third kappa shape index (κ3) is 4.11. The van der Waals surface area contributed by atoms with E-state index in [0.717, 1.165) is 18.7 Å². The summed E-state index contributed by atoms with van der Waals surface area (Å²) in [5.41, 5.74) is 0.765. The first kappa shape index (κ1) is 13.6. The first-order chi connectivity index (χ1) is 8.75. The van der Waals surface area contributed by atoms with E-state index in [1.54, 1.807) is 12.1 Å². The first-order valence-electron chi connectivity index (χ1n) is 6.77. The number of hydrogen-bond donors (Lipinski definition) is 0. The molecule has 98 valence electrons. The molecule has 0 radical (unpaired) electrons. The van der Waals surface area contributed by atoms with Gasteiger partial charge in [-0.1, -0.05) is 30.9 Å². The average molecular weight is 266 g/mol. The number of halogens is 1. The quantitative estimate of drug-likeness (QED) is 0.775. The van der Waals surface area contributed by atoms with Gasteiger partial charge in [0.1, 0.15) is 0 Å². The lowest BCUT2D eigenvalue weighted by atomic mass is 10.1. The highest BCUT2D eigenvalue weighted by Gasteiger charge is 2.13. The van der Waals surface area contributed by atoms with E-state index in [-0.39, 0.29) is 5.78 Å². The molecule has 18 heavy (non-hydrogen) atoms. The molecule has 3 heteroatoms. The molecule has 1 heterocycles. The maximum absolute atomic E-state index is 12.1. The molecular weight excluding hydrogens is 246 g/mol. The predicted molar refractivity (Wildman–Crippen MR) is 75.3 cm³/mol. The van der Waals surface area contributed by atoms with Gasteiger partial charge in [-0.15, -0.1) is 0 Å². The summed E-state index contributed by atoms with van der Waals surface area (Å²) in [6.07, 6.45) is 6.37. The maximum Gasteiger partial charge on any atom is 0.176 e. The molecule has 0 spiro atoms. The summed E-state index contributed by atoms with van der Waals surface area (Å²) in [5.74, 6) is 0.201. The second-order valence-corrected chi connectivity index (χ2v) is 5.41. The van der Waals surface area contributed by atoms with E-state index in [1.165, 1.54) is 32.1 Å². The van der Waals surface area contributed by atoms with E-state index >= 15 is 0 Å². The molecule has 1 aliphatic rings. The molecule has 1 aromatic carbocycles. The normalized spacial score (nSPS) is 18.1. The van der Waals surface area contributed by atoms with Gasteiger partial charge in [0.15, 0.2) is 5.78 Å². The van der Waals surface area contributed by atoms with Crippen molar-refractivity contribution in [3.05, 3.63) is 34.9 Å². The predicted octanol–water partition coefficient (Wildman–Crippen LogP) is 3.79. The van der Waals surface area contributed by atoms with E-state index in [0.29, 0.717) is 11.6 Å². The standard InChI is InChI=1S/C15H20ClNO/c16-14-8-6-13(7-9-14)15(18)12-17-10-4-2-1-3-5-11-17/h6-9H,1-5,10-12H2. The topological polar surface area (TPSA) is 20.3 Å². The second-order valence-electron chi connectivity index (χ2n) is 4.97. The van der Waals surface area contributed by atoms with Crippen molar-refractivity contribution in [1.29, 1.82) is 0 Å². The average Bonchev–Trinajstić information content (AvgIpc) is 2.33. The molecule has 1 fully saturated rings. The molecule has 0 aromatic heterocycles. The number of nitrogens with zero attached hydrogens (tertiary/aromatic N) is 1. The van der Waals surface area contributed by atoms with Crippen LogP contribution in [-0.2, 0) is 0 Å². The van der Waals surface area contributed by atoms with Crippen molar-refractivity contribution in [3.63, 3.8) is 0 Å². The minimum atomic E-state index is 0.201. The fourth-order valence-electron chi connectivity index (χ4n) is 2.40. The van der Waals surface area contributed by atoms with E-state index in [2.05, 4.69) is 4.90 Å². The van der Waals surface area contributed by atoms with Gasteiger partial charge in [-0.05, 0) is 50.2 Å². The van der Waals surface area contributed by atoms with Crippen molar-refractivity contribution < 1.29 is 4.79 Å². The minimum Gasteiger partial charge on any atom is -0.296 e. The van der Waals surface area contributed by atoms with Crippen LogP contribution in [0.1, 0.15) is 42.5 Å². The summed E-state index contributed by atoms with van der Waals surface area (Å²) in [7, 11) is 0. The Kier molecular flexibility index (Phi) is 5.21. The van der Waals surface area contributed by atoms with E-state index < -0.39 is 0 Å². The highest BCUT2D eigenvalue weighted by molar-refractivity contribution is 6.30. The van der Waals surface area contributed by atoms with Crippen LogP contribution in [0.25, 0.3) is 0 Å². The molecule has 0 amide bonds. The smallest absolute Gasteiger partial charge is 0.176 e. The largest absolute Gasteiger partial charge is 0.296 e. The van der Waals surface area contributed by atoms with Crippen LogP contribution in [0.4, 0.5) is 0 Å². The summed E-state index contributed by atoms with van der Waals surface area (Å²) >= 11 is 5.83. The molecule has 1 aliphatic heterocycles. The fraction of sp³-hybridized carbons (Fsp3) is 0.533. The Labute approximate surface area is 114 Å². The zero-order valence-corrected chi connectivity index (χ0v) is 11.5. The summed E-state index contributed by atoms with van der Waals surface area (Å²) in [4.78, 5) is 14.4. The van der Waals surface area contributed by atoms with E-state index in [1.807, 2.05) is 12.1 Å². The Balaban J connectivity index is 1.91. The summed E-state index contributed by atoms with van der Waals surface area (Å²) in [6, 6.07) is 7.19. The van der Waals surface area contributed by atoms with Gasteiger partial charge in [0.2, 0.25) is 0 Å². The Morgan fingerprint density at radius 2 is 1.56 bits per heavy atom. The minimum absolute atomic E-state index is 0.201. The Morgan fingerprint density at radius 3 is 2.17 bits per heavy atom.